The number of ether oxygens (including phenoxy) is 1. The number of aliphatic hydroxyl groups is 3. The summed E-state index contributed by atoms with van der Waals surface area (Å²) in [6, 6.07) is 0. The van der Waals surface area contributed by atoms with Crippen molar-refractivity contribution in [3.63, 3.8) is 0 Å². The molecule has 0 unspecified atom stereocenters. The Morgan fingerprint density at radius 2 is 1.64 bits per heavy atom. The molecular formula is C6H11FO4. The Kier molecular flexibility index (Phi) is 2.43. The minimum absolute atomic E-state index is 0.789. The van der Waals surface area contributed by atoms with Crippen LogP contribution in [0.4, 0.5) is 4.39 Å². The molecule has 0 spiro atoms. The number of halogens is 1. The second-order valence-corrected chi connectivity index (χ2v) is 2.66. The first kappa shape index (κ1) is 8.86. The van der Waals surface area contributed by atoms with E-state index in [9.17, 15) is 4.39 Å². The summed E-state index contributed by atoms with van der Waals surface area (Å²) in [4.78, 5) is 0. The maximum Gasteiger partial charge on any atom is 0.228 e. The van der Waals surface area contributed by atoms with Gasteiger partial charge in [-0.3, -0.25) is 0 Å². The molecule has 0 bridgehead atoms. The van der Waals surface area contributed by atoms with Crippen LogP contribution in [0.3, 0.4) is 0 Å². The van der Waals surface area contributed by atoms with Crippen molar-refractivity contribution in [2.24, 2.45) is 0 Å². The topological polar surface area (TPSA) is 69.9 Å². The van der Waals surface area contributed by atoms with E-state index in [1.54, 1.807) is 0 Å². The van der Waals surface area contributed by atoms with E-state index in [1.807, 2.05) is 0 Å². The van der Waals surface area contributed by atoms with Crippen molar-refractivity contribution in [1.29, 1.82) is 0 Å². The van der Waals surface area contributed by atoms with Crippen molar-refractivity contribution in [1.82, 2.24) is 0 Å². The zero-order chi connectivity index (χ0) is 8.59. The standard InChI is InChI=1S/C6H11FO4/c1-2-3(8)4(9)5(10)6(7)11-2/h2-6,8-10H,1H3/t2-,3+,4+,5-,6-/m1/s1. The first-order valence-corrected chi connectivity index (χ1v) is 3.37. The van der Waals surface area contributed by atoms with Crippen LogP contribution in [-0.2, 0) is 4.74 Å². The molecule has 0 amide bonds. The summed E-state index contributed by atoms with van der Waals surface area (Å²) in [5.74, 6) is 0. The van der Waals surface area contributed by atoms with Crippen LogP contribution in [0.2, 0.25) is 0 Å². The van der Waals surface area contributed by atoms with Crippen LogP contribution in [0.25, 0.3) is 0 Å². The molecular weight excluding hydrogens is 155 g/mol. The minimum atomic E-state index is -1.91. The van der Waals surface area contributed by atoms with Crippen molar-refractivity contribution in [3.8, 4) is 0 Å². The van der Waals surface area contributed by atoms with Crippen LogP contribution in [-0.4, -0.2) is 46.1 Å². The van der Waals surface area contributed by atoms with Gasteiger partial charge in [0.2, 0.25) is 6.36 Å². The van der Waals surface area contributed by atoms with Gasteiger partial charge < -0.3 is 20.1 Å². The molecule has 0 saturated carbocycles. The van der Waals surface area contributed by atoms with E-state index in [2.05, 4.69) is 4.74 Å². The summed E-state index contributed by atoms with van der Waals surface area (Å²) in [7, 11) is 0. The van der Waals surface area contributed by atoms with Crippen molar-refractivity contribution in [3.05, 3.63) is 0 Å². The fourth-order valence-electron chi connectivity index (χ4n) is 1.00. The molecule has 0 aromatic heterocycles. The van der Waals surface area contributed by atoms with Gasteiger partial charge >= 0.3 is 0 Å². The van der Waals surface area contributed by atoms with E-state index >= 15 is 0 Å². The Hall–Kier alpha value is -0.230. The third kappa shape index (κ3) is 1.51. The largest absolute Gasteiger partial charge is 0.388 e. The Morgan fingerprint density at radius 3 is 2.18 bits per heavy atom. The lowest BCUT2D eigenvalue weighted by molar-refractivity contribution is -0.252. The van der Waals surface area contributed by atoms with Crippen LogP contribution >= 0.6 is 0 Å². The third-order valence-electron chi connectivity index (χ3n) is 1.79. The molecule has 11 heavy (non-hydrogen) atoms. The lowest BCUT2D eigenvalue weighted by Crippen LogP contribution is -2.55. The second-order valence-electron chi connectivity index (χ2n) is 2.66. The van der Waals surface area contributed by atoms with Gasteiger partial charge in [-0.05, 0) is 6.92 Å². The van der Waals surface area contributed by atoms with Crippen LogP contribution in [0.5, 0.6) is 0 Å². The van der Waals surface area contributed by atoms with Crippen LogP contribution in [0.1, 0.15) is 6.92 Å². The molecule has 0 aromatic rings. The van der Waals surface area contributed by atoms with Gasteiger partial charge in [-0.1, -0.05) is 0 Å². The van der Waals surface area contributed by atoms with Gasteiger partial charge in [0.1, 0.15) is 18.3 Å². The summed E-state index contributed by atoms with van der Waals surface area (Å²) in [5, 5.41) is 26.8. The summed E-state index contributed by atoms with van der Waals surface area (Å²) >= 11 is 0. The smallest absolute Gasteiger partial charge is 0.228 e. The van der Waals surface area contributed by atoms with Gasteiger partial charge in [-0.25, -0.2) is 4.39 Å². The Labute approximate surface area is 63.2 Å². The van der Waals surface area contributed by atoms with Gasteiger partial charge in [0.25, 0.3) is 0 Å². The highest BCUT2D eigenvalue weighted by molar-refractivity contribution is 4.86. The predicted octanol–water partition coefficient (Wildman–Crippen LogP) is -1.22. The zero-order valence-corrected chi connectivity index (χ0v) is 6.01. The normalized spacial score (nSPS) is 52.6. The summed E-state index contributed by atoms with van der Waals surface area (Å²) < 4.78 is 17.0. The van der Waals surface area contributed by atoms with Gasteiger partial charge in [0, 0.05) is 0 Å². The Morgan fingerprint density at radius 1 is 1.09 bits per heavy atom. The summed E-state index contributed by atoms with van der Waals surface area (Å²) in [6.07, 6.45) is -7.04. The molecule has 5 atom stereocenters. The third-order valence-corrected chi connectivity index (χ3v) is 1.79. The molecule has 1 aliphatic heterocycles. The van der Waals surface area contributed by atoms with Gasteiger partial charge in [-0.15, -0.1) is 0 Å². The molecule has 1 saturated heterocycles. The van der Waals surface area contributed by atoms with E-state index in [4.69, 9.17) is 15.3 Å². The average Bonchev–Trinajstić information content (AvgIpc) is 1.97. The van der Waals surface area contributed by atoms with Gasteiger partial charge in [0.15, 0.2) is 0 Å². The van der Waals surface area contributed by atoms with Gasteiger partial charge in [-0.2, -0.15) is 0 Å². The molecule has 1 rings (SSSR count). The van der Waals surface area contributed by atoms with Crippen LogP contribution < -0.4 is 0 Å². The maximum atomic E-state index is 12.5. The molecule has 4 nitrogen and oxygen atoms in total. The number of aliphatic hydroxyl groups excluding tert-OH is 3. The lowest BCUT2D eigenvalue weighted by Gasteiger charge is -2.35. The molecule has 0 aliphatic carbocycles. The monoisotopic (exact) mass is 166 g/mol. The van der Waals surface area contributed by atoms with E-state index in [1.165, 1.54) is 6.92 Å². The van der Waals surface area contributed by atoms with Crippen molar-refractivity contribution < 1.29 is 24.4 Å². The first-order valence-electron chi connectivity index (χ1n) is 3.37. The van der Waals surface area contributed by atoms with Crippen LogP contribution in [0, 0.1) is 0 Å². The van der Waals surface area contributed by atoms with Crippen molar-refractivity contribution >= 4 is 0 Å². The predicted molar refractivity (Wildman–Crippen MR) is 33.5 cm³/mol. The number of rotatable bonds is 0. The lowest BCUT2D eigenvalue weighted by atomic mass is 10.0. The molecule has 0 aromatic carbocycles. The number of alkyl halides is 1. The van der Waals surface area contributed by atoms with E-state index in [-0.39, 0.29) is 0 Å². The molecule has 1 fully saturated rings. The number of hydrogen-bond donors (Lipinski definition) is 3. The number of hydrogen-bond acceptors (Lipinski definition) is 4. The highest BCUT2D eigenvalue weighted by atomic mass is 19.1. The maximum absolute atomic E-state index is 12.5. The minimum Gasteiger partial charge on any atom is -0.388 e. The van der Waals surface area contributed by atoms with E-state index < -0.39 is 30.8 Å². The molecule has 3 N–H and O–H groups in total. The van der Waals surface area contributed by atoms with E-state index in [0.717, 1.165) is 0 Å². The molecule has 1 heterocycles. The van der Waals surface area contributed by atoms with Crippen LogP contribution in [0.15, 0.2) is 0 Å². The van der Waals surface area contributed by atoms with Crippen molar-refractivity contribution in [2.45, 2.75) is 37.7 Å². The molecule has 1 aliphatic rings. The van der Waals surface area contributed by atoms with Crippen molar-refractivity contribution in [2.75, 3.05) is 0 Å². The molecule has 0 radical (unpaired) electrons. The average molecular weight is 166 g/mol. The fourth-order valence-corrected chi connectivity index (χ4v) is 1.00. The highest BCUT2D eigenvalue weighted by Gasteiger charge is 2.41. The van der Waals surface area contributed by atoms with Gasteiger partial charge in [0.05, 0.1) is 6.10 Å². The zero-order valence-electron chi connectivity index (χ0n) is 6.01. The summed E-state index contributed by atoms with van der Waals surface area (Å²) in [5.41, 5.74) is 0. The Bertz CT molecular complexity index is 129. The Balaban J connectivity index is 2.63. The second kappa shape index (κ2) is 3.02. The highest BCUT2D eigenvalue weighted by Crippen LogP contribution is 2.21. The fraction of sp³-hybridized carbons (Fsp3) is 1.00. The van der Waals surface area contributed by atoms with E-state index in [0.29, 0.717) is 0 Å². The molecule has 66 valence electrons. The molecule has 5 heteroatoms. The summed E-state index contributed by atoms with van der Waals surface area (Å²) in [6.45, 7) is 1.42. The first-order chi connectivity index (χ1) is 5.04. The quantitative estimate of drug-likeness (QED) is 0.422. The SMILES string of the molecule is C[C@H]1O[C@@H](F)[C@H](O)[C@@H](O)[C@H]1O.